The van der Waals surface area contributed by atoms with Gasteiger partial charge in [0.2, 0.25) is 5.91 Å². The first-order valence-electron chi connectivity index (χ1n) is 12.3. The maximum absolute atomic E-state index is 14.1. The normalized spacial score (nSPS) is 21.3. The van der Waals surface area contributed by atoms with Crippen molar-refractivity contribution >= 4 is 28.7 Å². The first-order valence-corrected chi connectivity index (χ1v) is 12.3. The summed E-state index contributed by atoms with van der Waals surface area (Å²) in [6, 6.07) is 16.1. The summed E-state index contributed by atoms with van der Waals surface area (Å²) in [6.45, 7) is 8.14. The third-order valence-electron chi connectivity index (χ3n) is 7.47. The number of H-pyrrole nitrogens is 1. The van der Waals surface area contributed by atoms with Gasteiger partial charge in [0.1, 0.15) is 6.04 Å². The van der Waals surface area contributed by atoms with Crippen LogP contribution in [-0.2, 0) is 21.5 Å². The molecule has 4 amide bonds. The Bertz CT molecular complexity index is 1300. The first kappa shape index (κ1) is 23.1. The average molecular weight is 473 g/mol. The maximum Gasteiger partial charge on any atom is 0.328 e. The molecule has 0 aliphatic carbocycles. The van der Waals surface area contributed by atoms with Crippen LogP contribution in [0.4, 0.5) is 4.79 Å². The maximum atomic E-state index is 14.1. The predicted octanol–water partition coefficient (Wildman–Crippen LogP) is 4.50. The molecule has 35 heavy (non-hydrogen) atoms. The van der Waals surface area contributed by atoms with E-state index in [1.807, 2.05) is 75.4 Å². The van der Waals surface area contributed by atoms with Gasteiger partial charge >= 0.3 is 6.03 Å². The van der Waals surface area contributed by atoms with E-state index in [2.05, 4.69) is 10.3 Å². The molecular weight excluding hydrogens is 440 g/mol. The zero-order chi connectivity index (χ0) is 24.9. The number of benzene rings is 2. The molecule has 0 spiro atoms. The fraction of sp³-hybridized carbons (Fsp3) is 0.393. The van der Waals surface area contributed by atoms with Gasteiger partial charge in [0, 0.05) is 17.4 Å². The Balaban J connectivity index is 1.50. The van der Waals surface area contributed by atoms with Crippen LogP contribution in [0, 0.1) is 5.92 Å². The summed E-state index contributed by atoms with van der Waals surface area (Å²) >= 11 is 0. The Morgan fingerprint density at radius 1 is 1.06 bits per heavy atom. The zero-order valence-electron chi connectivity index (χ0n) is 20.7. The Hall–Kier alpha value is -3.61. The van der Waals surface area contributed by atoms with Gasteiger partial charge in [-0.25, -0.2) is 9.69 Å². The number of carbonyl (C=O) groups is 3. The predicted molar refractivity (Wildman–Crippen MR) is 135 cm³/mol. The molecule has 7 nitrogen and oxygen atoms in total. The minimum atomic E-state index is -1.16. The molecule has 3 atom stereocenters. The largest absolute Gasteiger partial charge is 0.356 e. The summed E-state index contributed by atoms with van der Waals surface area (Å²) in [6.07, 6.45) is 1.06. The second kappa shape index (κ2) is 8.56. The van der Waals surface area contributed by atoms with E-state index in [-0.39, 0.29) is 23.8 Å². The van der Waals surface area contributed by atoms with Crippen molar-refractivity contribution in [2.75, 3.05) is 6.54 Å². The molecule has 1 fully saturated rings. The van der Waals surface area contributed by atoms with E-state index in [1.54, 1.807) is 11.8 Å². The summed E-state index contributed by atoms with van der Waals surface area (Å²) in [5.41, 5.74) is 2.59. The lowest BCUT2D eigenvalue weighted by Crippen LogP contribution is -2.51. The van der Waals surface area contributed by atoms with E-state index in [9.17, 15) is 14.4 Å². The van der Waals surface area contributed by atoms with Crippen molar-refractivity contribution in [1.29, 1.82) is 0 Å². The smallest absolute Gasteiger partial charge is 0.328 e. The Morgan fingerprint density at radius 2 is 1.74 bits per heavy atom. The van der Waals surface area contributed by atoms with Crippen LogP contribution in [0.5, 0.6) is 0 Å². The van der Waals surface area contributed by atoms with Crippen LogP contribution in [0.2, 0.25) is 0 Å². The van der Waals surface area contributed by atoms with E-state index in [0.717, 1.165) is 27.7 Å². The second-order valence-corrected chi connectivity index (χ2v) is 10.2. The number of para-hydroxylation sites is 1. The highest BCUT2D eigenvalue weighted by Crippen LogP contribution is 2.45. The molecule has 182 valence electrons. The Kier molecular flexibility index (Phi) is 5.66. The second-order valence-electron chi connectivity index (χ2n) is 10.2. The number of urea groups is 1. The van der Waals surface area contributed by atoms with E-state index in [0.29, 0.717) is 19.4 Å². The highest BCUT2D eigenvalue weighted by Gasteiger charge is 2.60. The van der Waals surface area contributed by atoms with Crippen molar-refractivity contribution in [2.24, 2.45) is 5.92 Å². The molecule has 2 aliphatic rings. The highest BCUT2D eigenvalue weighted by atomic mass is 16.2. The van der Waals surface area contributed by atoms with Crippen LogP contribution < -0.4 is 5.32 Å². The number of nitrogens with one attached hydrogen (secondary N) is 2. The standard InChI is InChI=1S/C28H32N4O3/c1-17(2)16-23(25(33)29-18(3)19-10-6-5-7-11-19)32-26(34)28(4)24-21(14-15-31(28)27(32)35)20-12-8-9-13-22(20)30-24/h5-13,17-18,23,30H,14-16H2,1-4H3,(H,29,33). The van der Waals surface area contributed by atoms with E-state index in [1.165, 1.54) is 4.90 Å². The molecule has 1 aromatic heterocycles. The Morgan fingerprint density at radius 3 is 2.46 bits per heavy atom. The number of fused-ring (bicyclic) bond motifs is 5. The van der Waals surface area contributed by atoms with Gasteiger partial charge in [-0.2, -0.15) is 0 Å². The number of rotatable bonds is 6. The van der Waals surface area contributed by atoms with Crippen molar-refractivity contribution < 1.29 is 14.4 Å². The molecule has 0 saturated carbocycles. The number of aromatic nitrogens is 1. The van der Waals surface area contributed by atoms with Gasteiger partial charge in [0.15, 0.2) is 5.54 Å². The zero-order valence-corrected chi connectivity index (χ0v) is 20.7. The SMILES string of the molecule is CC(C)CC(C(=O)NC(C)c1ccccc1)N1C(=O)N2CCc3c([nH]c4ccccc34)C2(C)C1=O. The molecule has 0 bridgehead atoms. The van der Waals surface area contributed by atoms with Gasteiger partial charge in [0.25, 0.3) is 5.91 Å². The first-order chi connectivity index (χ1) is 16.7. The molecule has 3 heterocycles. The summed E-state index contributed by atoms with van der Waals surface area (Å²) in [4.78, 5) is 47.6. The lowest BCUT2D eigenvalue weighted by Gasteiger charge is -2.36. The van der Waals surface area contributed by atoms with E-state index >= 15 is 0 Å². The van der Waals surface area contributed by atoms with Crippen molar-refractivity contribution in [1.82, 2.24) is 20.1 Å². The van der Waals surface area contributed by atoms with Gasteiger partial charge in [-0.15, -0.1) is 0 Å². The van der Waals surface area contributed by atoms with Gasteiger partial charge in [-0.3, -0.25) is 9.59 Å². The monoisotopic (exact) mass is 472 g/mol. The minimum absolute atomic E-state index is 0.118. The van der Waals surface area contributed by atoms with Crippen LogP contribution in [-0.4, -0.2) is 45.2 Å². The van der Waals surface area contributed by atoms with Gasteiger partial charge in [-0.1, -0.05) is 62.4 Å². The third kappa shape index (κ3) is 3.61. The number of carbonyl (C=O) groups excluding carboxylic acids is 3. The van der Waals surface area contributed by atoms with Crippen molar-refractivity contribution in [3.63, 3.8) is 0 Å². The van der Waals surface area contributed by atoms with Crippen molar-refractivity contribution in [3.8, 4) is 0 Å². The quantitative estimate of drug-likeness (QED) is 0.518. The topological polar surface area (TPSA) is 85.5 Å². The van der Waals surface area contributed by atoms with Gasteiger partial charge in [-0.05, 0) is 49.8 Å². The lowest BCUT2D eigenvalue weighted by atomic mass is 9.86. The molecular formula is C28H32N4O3. The van der Waals surface area contributed by atoms with Crippen molar-refractivity contribution in [2.45, 2.75) is 58.2 Å². The molecule has 2 N–H and O–H groups in total. The number of aromatic amines is 1. The average Bonchev–Trinajstić information content (AvgIpc) is 3.32. The summed E-state index contributed by atoms with van der Waals surface area (Å²) in [7, 11) is 0. The summed E-state index contributed by atoms with van der Waals surface area (Å²) in [5.74, 6) is -0.535. The number of hydrogen-bond acceptors (Lipinski definition) is 3. The lowest BCUT2D eigenvalue weighted by molar-refractivity contribution is -0.140. The molecule has 5 rings (SSSR count). The van der Waals surface area contributed by atoms with Crippen LogP contribution in [0.3, 0.4) is 0 Å². The summed E-state index contributed by atoms with van der Waals surface area (Å²) in [5, 5.41) is 4.12. The van der Waals surface area contributed by atoms with Gasteiger partial charge < -0.3 is 15.2 Å². The van der Waals surface area contributed by atoms with E-state index in [4.69, 9.17) is 0 Å². The Labute approximate surface area is 205 Å². The number of amides is 4. The van der Waals surface area contributed by atoms with Crippen LogP contribution in [0.15, 0.2) is 54.6 Å². The van der Waals surface area contributed by atoms with E-state index < -0.39 is 17.6 Å². The van der Waals surface area contributed by atoms with Crippen LogP contribution in [0.25, 0.3) is 10.9 Å². The molecule has 1 saturated heterocycles. The van der Waals surface area contributed by atoms with Crippen LogP contribution in [0.1, 0.15) is 57.0 Å². The highest BCUT2D eigenvalue weighted by molar-refractivity contribution is 6.11. The van der Waals surface area contributed by atoms with Gasteiger partial charge in [0.05, 0.1) is 11.7 Å². The third-order valence-corrected chi connectivity index (χ3v) is 7.47. The molecule has 0 radical (unpaired) electrons. The number of hydrogen-bond donors (Lipinski definition) is 2. The number of imide groups is 1. The fourth-order valence-corrected chi connectivity index (χ4v) is 5.60. The fourth-order valence-electron chi connectivity index (χ4n) is 5.60. The van der Waals surface area contributed by atoms with Crippen LogP contribution >= 0.6 is 0 Å². The summed E-state index contributed by atoms with van der Waals surface area (Å²) < 4.78 is 0. The molecule has 3 aromatic rings. The molecule has 3 unspecified atom stereocenters. The molecule has 2 aliphatic heterocycles. The van der Waals surface area contributed by atoms with Crippen molar-refractivity contribution in [3.05, 3.63) is 71.4 Å². The molecule has 7 heteroatoms. The molecule has 2 aromatic carbocycles. The minimum Gasteiger partial charge on any atom is -0.356 e. The number of nitrogens with zero attached hydrogens (tertiary/aromatic N) is 2.